The fourth-order valence-corrected chi connectivity index (χ4v) is 1.71. The average Bonchev–Trinajstić information content (AvgIpc) is 2.32. The SMILES string of the molecule is C/C=C(\C=P)C(C)C.Cc1ccc(C#N)cc1. The van der Waals surface area contributed by atoms with Crippen LogP contribution in [0, 0.1) is 24.2 Å². The Bertz CT molecular complexity index is 408. The normalized spacial score (nSPS) is 10.2. The molecule has 0 amide bonds. The molecule has 0 aromatic heterocycles. The van der Waals surface area contributed by atoms with Gasteiger partial charge in [0.25, 0.3) is 0 Å². The minimum atomic E-state index is 0.637. The van der Waals surface area contributed by atoms with Gasteiger partial charge in [0.2, 0.25) is 0 Å². The lowest BCUT2D eigenvalue weighted by Crippen LogP contribution is -1.91. The topological polar surface area (TPSA) is 23.8 Å². The van der Waals surface area contributed by atoms with E-state index in [1.165, 1.54) is 11.1 Å². The highest BCUT2D eigenvalue weighted by atomic mass is 31.0. The van der Waals surface area contributed by atoms with Gasteiger partial charge in [-0.25, -0.2) is 0 Å². The first-order valence-electron chi connectivity index (χ1n) is 5.68. The van der Waals surface area contributed by atoms with Crippen molar-refractivity contribution in [3.63, 3.8) is 0 Å². The highest BCUT2D eigenvalue weighted by Gasteiger charge is 1.93. The van der Waals surface area contributed by atoms with Crippen molar-refractivity contribution in [1.82, 2.24) is 0 Å². The molecule has 2 heteroatoms. The first-order valence-corrected chi connectivity index (χ1v) is 6.26. The molecule has 0 bridgehead atoms. The van der Waals surface area contributed by atoms with E-state index in [-0.39, 0.29) is 0 Å². The number of hydrogen-bond donors (Lipinski definition) is 0. The molecule has 0 saturated heterocycles. The second kappa shape index (κ2) is 8.74. The van der Waals surface area contributed by atoms with Gasteiger partial charge in [-0.15, -0.1) is 8.86 Å². The summed E-state index contributed by atoms with van der Waals surface area (Å²) in [4.78, 5) is 0. The van der Waals surface area contributed by atoms with Gasteiger partial charge in [0.15, 0.2) is 0 Å². The zero-order valence-electron chi connectivity index (χ0n) is 11.0. The monoisotopic (exact) mass is 245 g/mol. The Morgan fingerprint density at radius 2 is 1.82 bits per heavy atom. The third kappa shape index (κ3) is 6.72. The number of rotatable bonds is 2. The summed E-state index contributed by atoms with van der Waals surface area (Å²) >= 11 is 0. The van der Waals surface area contributed by atoms with Gasteiger partial charge in [0, 0.05) is 0 Å². The van der Waals surface area contributed by atoms with Crippen LogP contribution in [-0.2, 0) is 0 Å². The Morgan fingerprint density at radius 1 is 1.29 bits per heavy atom. The highest BCUT2D eigenvalue weighted by molar-refractivity contribution is 7.19. The van der Waals surface area contributed by atoms with Crippen molar-refractivity contribution in [3.8, 4) is 6.07 Å². The largest absolute Gasteiger partial charge is 0.192 e. The van der Waals surface area contributed by atoms with Gasteiger partial charge in [0.1, 0.15) is 0 Å². The van der Waals surface area contributed by atoms with Crippen LogP contribution in [0.2, 0.25) is 0 Å². The van der Waals surface area contributed by atoms with Gasteiger partial charge in [-0.05, 0) is 43.3 Å². The van der Waals surface area contributed by atoms with Gasteiger partial charge in [-0.3, -0.25) is 0 Å². The molecule has 0 atom stereocenters. The fourth-order valence-electron chi connectivity index (χ4n) is 1.21. The van der Waals surface area contributed by atoms with Crippen LogP contribution in [0.3, 0.4) is 0 Å². The number of aryl methyl sites for hydroxylation is 1. The minimum Gasteiger partial charge on any atom is -0.192 e. The Kier molecular flexibility index (Phi) is 8.03. The summed E-state index contributed by atoms with van der Waals surface area (Å²) in [6.07, 6.45) is 2.11. The van der Waals surface area contributed by atoms with Gasteiger partial charge >= 0.3 is 0 Å². The predicted molar refractivity (Wildman–Crippen MR) is 78.9 cm³/mol. The Balaban J connectivity index is 0.000000304. The van der Waals surface area contributed by atoms with E-state index in [0.29, 0.717) is 5.92 Å². The van der Waals surface area contributed by atoms with Crippen molar-refractivity contribution >= 4 is 14.7 Å². The third-order valence-electron chi connectivity index (χ3n) is 2.35. The standard InChI is InChI=1S/C8H7N.C7H13P/c1-7-2-4-8(6-9)5-3-7;1-4-7(5-8)6(2)3/h2-5H,1H3;4-6,8H,1-3H3/b;7-4+. The van der Waals surface area contributed by atoms with Gasteiger partial charge < -0.3 is 0 Å². The van der Waals surface area contributed by atoms with Crippen molar-refractivity contribution < 1.29 is 0 Å². The molecular weight excluding hydrogens is 225 g/mol. The van der Waals surface area contributed by atoms with E-state index >= 15 is 0 Å². The van der Waals surface area contributed by atoms with Crippen LogP contribution < -0.4 is 0 Å². The molecule has 0 aliphatic rings. The lowest BCUT2D eigenvalue weighted by molar-refractivity contribution is 0.807. The van der Waals surface area contributed by atoms with Crippen LogP contribution in [0.4, 0.5) is 0 Å². The van der Waals surface area contributed by atoms with Crippen LogP contribution in [0.15, 0.2) is 35.9 Å². The van der Waals surface area contributed by atoms with Gasteiger partial charge in [-0.2, -0.15) is 5.26 Å². The quantitative estimate of drug-likeness (QED) is 0.708. The second-order valence-corrected chi connectivity index (χ2v) is 4.35. The molecule has 0 aliphatic carbocycles. The van der Waals surface area contributed by atoms with Gasteiger partial charge in [-0.1, -0.05) is 37.6 Å². The second-order valence-electron chi connectivity index (χ2n) is 4.07. The molecule has 0 fully saturated rings. The smallest absolute Gasteiger partial charge is 0.0991 e. The zero-order valence-corrected chi connectivity index (χ0v) is 12.0. The molecule has 0 radical (unpaired) electrons. The molecule has 17 heavy (non-hydrogen) atoms. The van der Waals surface area contributed by atoms with Crippen molar-refractivity contribution in [2.75, 3.05) is 0 Å². The van der Waals surface area contributed by atoms with E-state index in [9.17, 15) is 0 Å². The molecule has 90 valence electrons. The molecular formula is C15H20NP. The summed E-state index contributed by atoms with van der Waals surface area (Å²) < 4.78 is 0. The number of nitrogens with zero attached hydrogens (tertiary/aromatic N) is 1. The molecule has 1 aromatic rings. The third-order valence-corrected chi connectivity index (χ3v) is 2.68. The van der Waals surface area contributed by atoms with E-state index in [2.05, 4.69) is 34.9 Å². The molecule has 0 saturated carbocycles. The maximum atomic E-state index is 8.38. The van der Waals surface area contributed by atoms with Gasteiger partial charge in [0.05, 0.1) is 11.6 Å². The average molecular weight is 245 g/mol. The summed E-state index contributed by atoms with van der Waals surface area (Å²) in [5.41, 5.74) is 3.26. The summed E-state index contributed by atoms with van der Waals surface area (Å²) in [7, 11) is 3.33. The van der Waals surface area contributed by atoms with Crippen molar-refractivity contribution in [1.29, 1.82) is 5.26 Å². The van der Waals surface area contributed by atoms with E-state index < -0.39 is 0 Å². The summed E-state index contributed by atoms with van der Waals surface area (Å²) in [6.45, 7) is 8.39. The van der Waals surface area contributed by atoms with E-state index in [4.69, 9.17) is 5.26 Å². The van der Waals surface area contributed by atoms with E-state index in [1.807, 2.05) is 43.9 Å². The van der Waals surface area contributed by atoms with Crippen LogP contribution in [-0.4, -0.2) is 5.80 Å². The number of hydrogen-bond acceptors (Lipinski definition) is 1. The molecule has 1 nitrogen and oxygen atoms in total. The summed E-state index contributed by atoms with van der Waals surface area (Å²) in [5, 5.41) is 8.38. The van der Waals surface area contributed by atoms with Crippen LogP contribution in [0.25, 0.3) is 0 Å². The van der Waals surface area contributed by atoms with Crippen LogP contribution in [0.5, 0.6) is 0 Å². The Labute approximate surface area is 107 Å². The number of allylic oxidation sites excluding steroid dienone is 2. The van der Waals surface area contributed by atoms with Crippen molar-refractivity contribution in [3.05, 3.63) is 47.0 Å². The first-order chi connectivity index (χ1) is 8.04. The Morgan fingerprint density at radius 3 is 2.06 bits per heavy atom. The maximum Gasteiger partial charge on any atom is 0.0991 e. The van der Waals surface area contributed by atoms with E-state index in [1.54, 1.807) is 0 Å². The van der Waals surface area contributed by atoms with Crippen LogP contribution >= 0.6 is 8.86 Å². The highest BCUT2D eigenvalue weighted by Crippen LogP contribution is 2.05. The molecule has 0 heterocycles. The molecule has 0 spiro atoms. The zero-order chi connectivity index (χ0) is 13.3. The molecule has 1 aromatic carbocycles. The van der Waals surface area contributed by atoms with Crippen molar-refractivity contribution in [2.45, 2.75) is 27.7 Å². The predicted octanol–water partition coefficient (Wildman–Crippen LogP) is 4.40. The van der Waals surface area contributed by atoms with E-state index in [0.717, 1.165) is 5.56 Å². The number of nitriles is 1. The molecule has 1 rings (SSSR count). The lowest BCUT2D eigenvalue weighted by Gasteiger charge is -2.01. The minimum absolute atomic E-state index is 0.637. The van der Waals surface area contributed by atoms with Crippen molar-refractivity contribution in [2.24, 2.45) is 5.92 Å². The molecule has 0 aliphatic heterocycles. The first kappa shape index (κ1) is 15.6. The lowest BCUT2D eigenvalue weighted by atomic mass is 10.1. The number of benzene rings is 1. The van der Waals surface area contributed by atoms with Crippen LogP contribution in [0.1, 0.15) is 31.9 Å². The summed E-state index contributed by atoms with van der Waals surface area (Å²) in [5.74, 6) is 2.60. The summed E-state index contributed by atoms with van der Waals surface area (Å²) in [6, 6.07) is 9.54. The Hall–Kier alpha value is -1.38. The maximum absolute atomic E-state index is 8.38. The molecule has 0 unspecified atom stereocenters. The molecule has 0 N–H and O–H groups in total. The fraction of sp³-hybridized carbons (Fsp3) is 0.333.